The highest BCUT2D eigenvalue weighted by atomic mass is 16.3. The second-order valence-electron chi connectivity index (χ2n) is 7.48. The first-order chi connectivity index (χ1) is 13.0. The molecular weight excluding hydrogens is 340 g/mol. The lowest BCUT2D eigenvalue weighted by Crippen LogP contribution is -2.35. The molecule has 2 N–H and O–H groups in total. The van der Waals surface area contributed by atoms with Crippen LogP contribution in [-0.2, 0) is 16.0 Å². The molecule has 1 heterocycles. The summed E-state index contributed by atoms with van der Waals surface area (Å²) in [5.74, 6) is 0.814. The Kier molecular flexibility index (Phi) is 8.52. The summed E-state index contributed by atoms with van der Waals surface area (Å²) >= 11 is 0. The quantitative estimate of drug-likeness (QED) is 0.627. The standard InChI is InChI=1S/C22H32N2O3/c1-3-24(13-4-5-21(26)19-8-11-22(27)23-16-19)14-12-17(2)15-18-6-9-20(25)10-7-18/h6-11,17,19,25H,3-5,12-16H2,1-2H3,(H,23,27). The van der Waals surface area contributed by atoms with Crippen molar-refractivity contribution in [1.82, 2.24) is 10.2 Å². The van der Waals surface area contributed by atoms with E-state index >= 15 is 0 Å². The molecule has 0 aliphatic carbocycles. The smallest absolute Gasteiger partial charge is 0.243 e. The molecule has 0 radical (unpaired) electrons. The van der Waals surface area contributed by atoms with Gasteiger partial charge >= 0.3 is 0 Å². The van der Waals surface area contributed by atoms with E-state index in [0.29, 0.717) is 24.6 Å². The lowest BCUT2D eigenvalue weighted by Gasteiger charge is -2.23. The summed E-state index contributed by atoms with van der Waals surface area (Å²) in [7, 11) is 0. The first-order valence-electron chi connectivity index (χ1n) is 9.97. The van der Waals surface area contributed by atoms with Crippen molar-refractivity contribution >= 4 is 11.7 Å². The molecule has 2 atom stereocenters. The van der Waals surface area contributed by atoms with Crippen molar-refractivity contribution in [2.24, 2.45) is 11.8 Å². The number of Topliss-reactive ketones (excluding diaryl/α,β-unsaturated/α-hetero) is 1. The fourth-order valence-corrected chi connectivity index (χ4v) is 3.39. The number of amides is 1. The zero-order valence-electron chi connectivity index (χ0n) is 16.5. The molecule has 5 nitrogen and oxygen atoms in total. The number of nitrogens with one attached hydrogen (secondary N) is 1. The van der Waals surface area contributed by atoms with E-state index in [9.17, 15) is 14.7 Å². The van der Waals surface area contributed by atoms with Crippen molar-refractivity contribution in [3.63, 3.8) is 0 Å². The van der Waals surface area contributed by atoms with Gasteiger partial charge in [-0.15, -0.1) is 0 Å². The van der Waals surface area contributed by atoms with Gasteiger partial charge in [0.15, 0.2) is 0 Å². The van der Waals surface area contributed by atoms with E-state index in [4.69, 9.17) is 0 Å². The molecule has 27 heavy (non-hydrogen) atoms. The van der Waals surface area contributed by atoms with E-state index in [1.807, 2.05) is 12.1 Å². The lowest BCUT2D eigenvalue weighted by molar-refractivity contribution is -0.122. The van der Waals surface area contributed by atoms with Crippen molar-refractivity contribution in [3.8, 4) is 5.75 Å². The SMILES string of the molecule is CCN(CCCC(=O)C1C=CC(=O)NC1)CCC(C)Cc1ccc(O)cc1. The van der Waals surface area contributed by atoms with Gasteiger partial charge in [-0.3, -0.25) is 9.59 Å². The topological polar surface area (TPSA) is 69.6 Å². The number of benzene rings is 1. The highest BCUT2D eigenvalue weighted by Crippen LogP contribution is 2.16. The van der Waals surface area contributed by atoms with Crippen LogP contribution in [0.5, 0.6) is 5.75 Å². The molecule has 1 aliphatic rings. The van der Waals surface area contributed by atoms with Crippen molar-refractivity contribution < 1.29 is 14.7 Å². The highest BCUT2D eigenvalue weighted by molar-refractivity contribution is 5.92. The number of nitrogens with zero attached hydrogens (tertiary/aromatic N) is 1. The van der Waals surface area contributed by atoms with Crippen LogP contribution in [0.1, 0.15) is 38.7 Å². The van der Waals surface area contributed by atoms with Crippen LogP contribution in [0.4, 0.5) is 0 Å². The van der Waals surface area contributed by atoms with Crippen molar-refractivity contribution in [1.29, 1.82) is 0 Å². The molecule has 148 valence electrons. The molecule has 1 aliphatic heterocycles. The predicted octanol–water partition coefficient (Wildman–Crippen LogP) is 2.93. The maximum atomic E-state index is 12.2. The maximum Gasteiger partial charge on any atom is 0.243 e. The molecule has 0 bridgehead atoms. The minimum absolute atomic E-state index is 0.113. The summed E-state index contributed by atoms with van der Waals surface area (Å²) in [6.45, 7) is 7.79. The van der Waals surface area contributed by atoms with Crippen LogP contribution in [0, 0.1) is 11.8 Å². The monoisotopic (exact) mass is 372 g/mol. The van der Waals surface area contributed by atoms with E-state index in [1.165, 1.54) is 11.6 Å². The van der Waals surface area contributed by atoms with E-state index in [1.54, 1.807) is 18.2 Å². The summed E-state index contributed by atoms with van der Waals surface area (Å²) in [4.78, 5) is 25.7. The highest BCUT2D eigenvalue weighted by Gasteiger charge is 2.19. The molecule has 2 rings (SSSR count). The van der Waals surface area contributed by atoms with Crippen LogP contribution in [-0.4, -0.2) is 47.9 Å². The first kappa shape index (κ1) is 21.2. The van der Waals surface area contributed by atoms with Gasteiger partial charge in [0, 0.05) is 13.0 Å². The van der Waals surface area contributed by atoms with Crippen LogP contribution < -0.4 is 5.32 Å². The summed E-state index contributed by atoms with van der Waals surface area (Å²) in [6.07, 6.45) is 6.72. The average Bonchev–Trinajstić information content (AvgIpc) is 2.66. The Morgan fingerprint density at radius 2 is 2.04 bits per heavy atom. The van der Waals surface area contributed by atoms with Crippen LogP contribution in [0.15, 0.2) is 36.4 Å². The van der Waals surface area contributed by atoms with Crippen molar-refractivity contribution in [2.45, 2.75) is 39.5 Å². The van der Waals surface area contributed by atoms with E-state index in [0.717, 1.165) is 38.9 Å². The van der Waals surface area contributed by atoms with Crippen molar-refractivity contribution in [3.05, 3.63) is 42.0 Å². The number of phenolic OH excluding ortho intramolecular Hbond substituents is 1. The Morgan fingerprint density at radius 1 is 1.30 bits per heavy atom. The van der Waals surface area contributed by atoms with Crippen LogP contribution in [0.3, 0.4) is 0 Å². The van der Waals surface area contributed by atoms with Crippen LogP contribution in [0.25, 0.3) is 0 Å². The number of carbonyl (C=O) groups excluding carboxylic acids is 2. The second kappa shape index (κ2) is 10.9. The van der Waals surface area contributed by atoms with E-state index in [-0.39, 0.29) is 17.6 Å². The normalized spacial score (nSPS) is 17.7. The Bertz CT molecular complexity index is 639. The first-order valence-corrected chi connectivity index (χ1v) is 9.97. The van der Waals surface area contributed by atoms with Gasteiger partial charge in [0.05, 0.1) is 5.92 Å². The van der Waals surface area contributed by atoms with Crippen LogP contribution in [0.2, 0.25) is 0 Å². The molecule has 0 saturated heterocycles. The maximum absolute atomic E-state index is 12.2. The van der Waals surface area contributed by atoms with E-state index in [2.05, 4.69) is 24.1 Å². The summed E-state index contributed by atoms with van der Waals surface area (Å²) < 4.78 is 0. The number of rotatable bonds is 11. The second-order valence-corrected chi connectivity index (χ2v) is 7.48. The third-order valence-electron chi connectivity index (χ3n) is 5.19. The molecule has 0 fully saturated rings. The van der Waals surface area contributed by atoms with Gasteiger partial charge < -0.3 is 15.3 Å². The summed E-state index contributed by atoms with van der Waals surface area (Å²) in [5.41, 5.74) is 1.25. The largest absolute Gasteiger partial charge is 0.508 e. The van der Waals surface area contributed by atoms with Gasteiger partial charge in [0.1, 0.15) is 11.5 Å². The van der Waals surface area contributed by atoms with Gasteiger partial charge in [-0.25, -0.2) is 0 Å². The molecule has 0 spiro atoms. The minimum atomic E-state index is -0.164. The van der Waals surface area contributed by atoms with Crippen LogP contribution >= 0.6 is 0 Å². The Hall–Kier alpha value is -2.14. The molecule has 5 heteroatoms. The van der Waals surface area contributed by atoms with Gasteiger partial charge in [-0.05, 0) is 68.6 Å². The third-order valence-corrected chi connectivity index (χ3v) is 5.19. The number of ketones is 1. The van der Waals surface area contributed by atoms with E-state index < -0.39 is 0 Å². The molecule has 1 aromatic rings. The molecular formula is C22H32N2O3. The fraction of sp³-hybridized carbons (Fsp3) is 0.545. The molecule has 1 amide bonds. The number of hydrogen-bond donors (Lipinski definition) is 2. The van der Waals surface area contributed by atoms with Crippen molar-refractivity contribution in [2.75, 3.05) is 26.2 Å². The van der Waals surface area contributed by atoms with Gasteiger partial charge in [-0.2, -0.15) is 0 Å². The van der Waals surface area contributed by atoms with Gasteiger partial charge in [0.2, 0.25) is 5.91 Å². The number of phenols is 1. The fourth-order valence-electron chi connectivity index (χ4n) is 3.39. The van der Waals surface area contributed by atoms with Gasteiger partial charge in [0.25, 0.3) is 0 Å². The zero-order valence-corrected chi connectivity index (χ0v) is 16.5. The molecule has 2 unspecified atom stereocenters. The Morgan fingerprint density at radius 3 is 2.67 bits per heavy atom. The molecule has 0 aromatic heterocycles. The number of aromatic hydroxyl groups is 1. The lowest BCUT2D eigenvalue weighted by atomic mass is 9.97. The van der Waals surface area contributed by atoms with Gasteiger partial charge in [-0.1, -0.05) is 32.1 Å². The summed E-state index contributed by atoms with van der Waals surface area (Å²) in [6, 6.07) is 7.45. The molecule has 1 aromatic carbocycles. The minimum Gasteiger partial charge on any atom is -0.508 e. The Balaban J connectivity index is 1.66. The number of hydrogen-bond acceptors (Lipinski definition) is 4. The molecule has 0 saturated carbocycles. The zero-order chi connectivity index (χ0) is 19.6. The summed E-state index contributed by atoms with van der Waals surface area (Å²) in [5, 5.41) is 12.1. The Labute approximate surface area is 162 Å². The predicted molar refractivity (Wildman–Crippen MR) is 108 cm³/mol. The third kappa shape index (κ3) is 7.55. The number of carbonyl (C=O) groups is 2. The average molecular weight is 373 g/mol.